The van der Waals surface area contributed by atoms with E-state index in [0.29, 0.717) is 11.5 Å². The molecule has 3 aromatic rings. The molecule has 25 heavy (non-hydrogen) atoms. The van der Waals surface area contributed by atoms with E-state index >= 15 is 0 Å². The van der Waals surface area contributed by atoms with Gasteiger partial charge in [0, 0.05) is 23.8 Å². The normalized spacial score (nSPS) is 13.3. The molecule has 0 saturated heterocycles. The fraction of sp³-hybridized carbons (Fsp3) is 0.0455. The fourth-order valence-electron chi connectivity index (χ4n) is 2.72. The van der Waals surface area contributed by atoms with Crippen molar-refractivity contribution < 1.29 is 14.0 Å². The maximum atomic E-state index is 6.15. The van der Waals surface area contributed by atoms with Crippen molar-refractivity contribution in [3.05, 3.63) is 102 Å². The van der Waals surface area contributed by atoms with Gasteiger partial charge in [0.05, 0.1) is 0 Å². The lowest BCUT2D eigenvalue weighted by Crippen LogP contribution is -2.30. The average molecular weight is 328 g/mol. The molecular weight excluding hydrogens is 310 g/mol. The first kappa shape index (κ1) is 15.2. The van der Waals surface area contributed by atoms with E-state index in [0.717, 1.165) is 22.8 Å². The van der Waals surface area contributed by atoms with E-state index in [1.807, 2.05) is 92.1 Å². The van der Waals surface area contributed by atoms with Crippen LogP contribution in [0.1, 0.15) is 11.3 Å². The quantitative estimate of drug-likeness (QED) is 0.666. The summed E-state index contributed by atoms with van der Waals surface area (Å²) in [6, 6.07) is 23.8. The van der Waals surface area contributed by atoms with Crippen LogP contribution >= 0.6 is 0 Å². The summed E-state index contributed by atoms with van der Waals surface area (Å²) in [7, 11) is 2.01. The Morgan fingerprint density at radius 2 is 1.40 bits per heavy atom. The van der Waals surface area contributed by atoms with E-state index in [1.54, 1.807) is 0 Å². The van der Waals surface area contributed by atoms with Crippen molar-refractivity contribution in [3.63, 3.8) is 0 Å². The van der Waals surface area contributed by atoms with Crippen LogP contribution in [0.15, 0.2) is 90.8 Å². The van der Waals surface area contributed by atoms with Gasteiger partial charge in [0.15, 0.2) is 29.2 Å². The van der Waals surface area contributed by atoms with Gasteiger partial charge in [-0.25, -0.2) is 4.57 Å². The van der Waals surface area contributed by atoms with Gasteiger partial charge in [-0.05, 0) is 24.3 Å². The van der Waals surface area contributed by atoms with Crippen LogP contribution in [0.2, 0.25) is 0 Å². The van der Waals surface area contributed by atoms with Gasteiger partial charge in [0.2, 0.25) is 5.69 Å². The molecule has 0 spiro atoms. The van der Waals surface area contributed by atoms with E-state index in [4.69, 9.17) is 9.47 Å². The first-order valence-corrected chi connectivity index (χ1v) is 8.18. The molecule has 2 heterocycles. The number of benzene rings is 2. The molecule has 0 bridgehead atoms. The zero-order valence-electron chi connectivity index (χ0n) is 13.9. The van der Waals surface area contributed by atoms with Crippen LogP contribution in [0, 0.1) is 0 Å². The summed E-state index contributed by atoms with van der Waals surface area (Å²) in [6.45, 7) is 0. The minimum absolute atomic E-state index is 0.689. The second-order valence-electron chi connectivity index (χ2n) is 5.78. The van der Waals surface area contributed by atoms with Crippen molar-refractivity contribution in [1.29, 1.82) is 0 Å². The fourth-order valence-corrected chi connectivity index (χ4v) is 2.72. The van der Waals surface area contributed by atoms with Crippen LogP contribution in [0.3, 0.4) is 0 Å². The third-order valence-electron chi connectivity index (χ3n) is 4.04. The molecule has 0 fully saturated rings. The second kappa shape index (κ2) is 6.65. The Hall–Kier alpha value is -3.33. The highest BCUT2D eigenvalue weighted by atomic mass is 16.6. The van der Waals surface area contributed by atoms with Crippen molar-refractivity contribution in [1.82, 2.24) is 0 Å². The monoisotopic (exact) mass is 328 g/mol. The summed E-state index contributed by atoms with van der Waals surface area (Å²) >= 11 is 0. The van der Waals surface area contributed by atoms with Gasteiger partial charge in [0.25, 0.3) is 0 Å². The summed E-state index contributed by atoms with van der Waals surface area (Å²) in [5.74, 6) is 2.85. The zero-order chi connectivity index (χ0) is 17.1. The first-order valence-electron chi connectivity index (χ1n) is 8.18. The van der Waals surface area contributed by atoms with Crippen LogP contribution < -0.4 is 14.0 Å². The van der Waals surface area contributed by atoms with E-state index < -0.39 is 0 Å². The molecule has 122 valence electrons. The predicted molar refractivity (Wildman–Crippen MR) is 97.7 cm³/mol. The van der Waals surface area contributed by atoms with Crippen molar-refractivity contribution in [3.8, 4) is 11.5 Å². The maximum absolute atomic E-state index is 6.15. The molecule has 0 aliphatic carbocycles. The Kier molecular flexibility index (Phi) is 4.05. The van der Waals surface area contributed by atoms with Crippen LogP contribution in [0.25, 0.3) is 11.8 Å². The highest BCUT2D eigenvalue weighted by Gasteiger charge is 2.21. The third-order valence-corrected chi connectivity index (χ3v) is 4.04. The maximum Gasteiger partial charge on any atom is 0.205 e. The number of rotatable bonds is 3. The largest absolute Gasteiger partial charge is 0.449 e. The lowest BCUT2D eigenvalue weighted by molar-refractivity contribution is -0.673. The number of pyridine rings is 1. The van der Waals surface area contributed by atoms with Crippen molar-refractivity contribution >= 4 is 11.8 Å². The number of hydrogen-bond acceptors (Lipinski definition) is 2. The predicted octanol–water partition coefficient (Wildman–Crippen LogP) is 4.36. The Bertz CT molecular complexity index is 959. The molecule has 0 saturated carbocycles. The topological polar surface area (TPSA) is 22.3 Å². The van der Waals surface area contributed by atoms with Gasteiger partial charge >= 0.3 is 0 Å². The number of nitrogens with zero attached hydrogens (tertiary/aromatic N) is 1. The standard InChI is InChI=1S/C22H18NO2/c1-23-16-8-7-11-18(23)14-15-21-22(17-9-3-2-4-10-17)25-20-13-6-5-12-19(20)24-21/h2-16H,1H3/q+1/b15-14+. The van der Waals surface area contributed by atoms with E-state index in [1.165, 1.54) is 0 Å². The number of ether oxygens (including phenoxy) is 2. The van der Waals surface area contributed by atoms with Gasteiger partial charge in [-0.3, -0.25) is 0 Å². The minimum atomic E-state index is 0.689. The van der Waals surface area contributed by atoms with Crippen molar-refractivity contribution in [2.45, 2.75) is 0 Å². The Morgan fingerprint density at radius 1 is 0.720 bits per heavy atom. The van der Waals surface area contributed by atoms with Crippen LogP contribution in [0.4, 0.5) is 0 Å². The number of allylic oxidation sites excluding steroid dienone is 1. The second-order valence-corrected chi connectivity index (χ2v) is 5.78. The first-order chi connectivity index (χ1) is 12.3. The number of aryl methyl sites for hydroxylation is 1. The summed E-state index contributed by atoms with van der Waals surface area (Å²) < 4.78 is 14.3. The average Bonchev–Trinajstić information content (AvgIpc) is 2.67. The van der Waals surface area contributed by atoms with Crippen molar-refractivity contribution in [2.75, 3.05) is 0 Å². The molecule has 3 nitrogen and oxygen atoms in total. The minimum Gasteiger partial charge on any atom is -0.449 e. The van der Waals surface area contributed by atoms with Gasteiger partial charge < -0.3 is 9.47 Å². The Morgan fingerprint density at radius 3 is 2.16 bits per heavy atom. The Labute approximate surface area is 147 Å². The van der Waals surface area contributed by atoms with E-state index in [9.17, 15) is 0 Å². The molecule has 0 unspecified atom stereocenters. The van der Waals surface area contributed by atoms with Crippen molar-refractivity contribution in [2.24, 2.45) is 7.05 Å². The smallest absolute Gasteiger partial charge is 0.205 e. The number of fused-ring (bicyclic) bond motifs is 1. The molecule has 1 aliphatic rings. The summed E-state index contributed by atoms with van der Waals surface area (Å²) in [4.78, 5) is 0. The lowest BCUT2D eigenvalue weighted by Gasteiger charge is -2.22. The summed E-state index contributed by atoms with van der Waals surface area (Å²) in [5.41, 5.74) is 2.05. The molecule has 0 radical (unpaired) electrons. The van der Waals surface area contributed by atoms with Crippen LogP contribution in [0.5, 0.6) is 11.5 Å². The molecule has 0 atom stereocenters. The molecule has 0 amide bonds. The molecule has 1 aromatic heterocycles. The summed E-state index contributed by atoms with van der Waals surface area (Å²) in [6.07, 6.45) is 5.99. The van der Waals surface area contributed by atoms with Gasteiger partial charge in [-0.15, -0.1) is 0 Å². The molecule has 1 aliphatic heterocycles. The third kappa shape index (κ3) is 3.17. The molecule has 3 heteroatoms. The summed E-state index contributed by atoms with van der Waals surface area (Å²) in [5, 5.41) is 0. The zero-order valence-corrected chi connectivity index (χ0v) is 13.9. The van der Waals surface area contributed by atoms with E-state index in [2.05, 4.69) is 10.6 Å². The molecule has 4 rings (SSSR count). The highest BCUT2D eigenvalue weighted by Crippen LogP contribution is 2.38. The number of aromatic nitrogens is 1. The SMILES string of the molecule is C[n+]1ccccc1/C=C/C1=C(c2ccccc2)Oc2ccccc2O1. The van der Waals surface area contributed by atoms with Crippen LogP contribution in [-0.2, 0) is 7.05 Å². The molecular formula is C22H18NO2+. The Balaban J connectivity index is 1.77. The molecule has 2 aromatic carbocycles. The van der Waals surface area contributed by atoms with Gasteiger partial charge in [0.1, 0.15) is 7.05 Å². The molecule has 0 N–H and O–H groups in total. The van der Waals surface area contributed by atoms with Crippen LogP contribution in [-0.4, -0.2) is 0 Å². The van der Waals surface area contributed by atoms with Gasteiger partial charge in [-0.1, -0.05) is 42.5 Å². The number of hydrogen-bond donors (Lipinski definition) is 0. The number of para-hydroxylation sites is 2. The van der Waals surface area contributed by atoms with E-state index in [-0.39, 0.29) is 0 Å². The highest BCUT2D eigenvalue weighted by molar-refractivity contribution is 5.71. The van der Waals surface area contributed by atoms with Gasteiger partial charge in [-0.2, -0.15) is 0 Å². The lowest BCUT2D eigenvalue weighted by atomic mass is 10.1.